The van der Waals surface area contributed by atoms with Crippen LogP contribution < -0.4 is 10.1 Å². The molecule has 8 heteroatoms. The van der Waals surface area contributed by atoms with Crippen LogP contribution in [-0.4, -0.2) is 34.0 Å². The lowest BCUT2D eigenvalue weighted by atomic mass is 10.1. The molecule has 2 aromatic carbocycles. The second-order valence-electron chi connectivity index (χ2n) is 7.47. The quantitative estimate of drug-likeness (QED) is 0.348. The summed E-state index contributed by atoms with van der Waals surface area (Å²) in [6.45, 7) is 4.53. The molecule has 0 atom stereocenters. The van der Waals surface area contributed by atoms with Gasteiger partial charge in [0, 0.05) is 12.1 Å². The molecule has 0 fully saturated rings. The van der Waals surface area contributed by atoms with Gasteiger partial charge in [0.05, 0.1) is 23.4 Å². The number of ether oxygens (including phenoxy) is 1. The number of amides is 1. The average molecular weight is 477 g/mol. The highest BCUT2D eigenvalue weighted by atomic mass is 32.2. The van der Waals surface area contributed by atoms with Crippen LogP contribution in [0.3, 0.4) is 0 Å². The predicted molar refractivity (Wildman–Crippen MR) is 134 cm³/mol. The number of aryl methyl sites for hydroxylation is 2. The summed E-state index contributed by atoms with van der Waals surface area (Å²) < 4.78 is 5.32. The summed E-state index contributed by atoms with van der Waals surface area (Å²) in [5, 5.41) is 13.2. The van der Waals surface area contributed by atoms with Crippen LogP contribution in [0.1, 0.15) is 16.8 Å². The van der Waals surface area contributed by atoms with Crippen LogP contribution in [0.5, 0.6) is 5.75 Å². The van der Waals surface area contributed by atoms with Gasteiger partial charge in [-0.15, -0.1) is 21.5 Å². The Labute approximate surface area is 201 Å². The summed E-state index contributed by atoms with van der Waals surface area (Å²) in [5.41, 5.74) is 4.96. The molecule has 0 spiro atoms. The number of methoxy groups -OCH3 is 1. The zero-order valence-corrected chi connectivity index (χ0v) is 20.3. The Morgan fingerprint density at radius 1 is 1.06 bits per heavy atom. The van der Waals surface area contributed by atoms with E-state index < -0.39 is 0 Å². The number of benzene rings is 2. The van der Waals surface area contributed by atoms with Gasteiger partial charge < -0.3 is 10.1 Å². The standard InChI is InChI=1S/C25H24N4O2S2/c1-16-7-9-18(10-8-16)14-26-22(30)15-32-23-12-11-21(28-29-23)24-17(2)27-25(33-24)19-5-4-6-20(13-19)31-3/h4-13H,14-15H2,1-3H3,(H,26,30). The topological polar surface area (TPSA) is 77.0 Å². The van der Waals surface area contributed by atoms with Gasteiger partial charge in [-0.25, -0.2) is 4.98 Å². The second kappa shape index (κ2) is 10.6. The highest BCUT2D eigenvalue weighted by molar-refractivity contribution is 7.99. The molecule has 0 bridgehead atoms. The smallest absolute Gasteiger partial charge is 0.230 e. The second-order valence-corrected chi connectivity index (χ2v) is 9.47. The Bertz CT molecular complexity index is 1240. The van der Waals surface area contributed by atoms with Gasteiger partial charge in [-0.3, -0.25) is 4.79 Å². The van der Waals surface area contributed by atoms with Gasteiger partial charge in [-0.05, 0) is 43.7 Å². The summed E-state index contributed by atoms with van der Waals surface area (Å²) in [4.78, 5) is 17.9. The van der Waals surface area contributed by atoms with Crippen LogP contribution >= 0.6 is 23.1 Å². The maximum Gasteiger partial charge on any atom is 0.230 e. The first kappa shape index (κ1) is 22.9. The van der Waals surface area contributed by atoms with Crippen LogP contribution in [0, 0.1) is 13.8 Å². The number of hydrogen-bond donors (Lipinski definition) is 1. The van der Waals surface area contributed by atoms with E-state index in [9.17, 15) is 4.79 Å². The highest BCUT2D eigenvalue weighted by Gasteiger charge is 2.14. The number of carbonyl (C=O) groups excluding carboxylic acids is 1. The molecule has 4 rings (SSSR count). The molecule has 0 saturated heterocycles. The van der Waals surface area contributed by atoms with Gasteiger partial charge >= 0.3 is 0 Å². The van der Waals surface area contributed by atoms with E-state index in [1.807, 2.05) is 74.5 Å². The van der Waals surface area contributed by atoms with Crippen molar-refractivity contribution in [1.29, 1.82) is 0 Å². The molecule has 0 saturated carbocycles. The number of aromatic nitrogens is 3. The van der Waals surface area contributed by atoms with Gasteiger partial charge in [-0.1, -0.05) is 53.7 Å². The molecule has 0 radical (unpaired) electrons. The number of rotatable bonds is 8. The summed E-state index contributed by atoms with van der Waals surface area (Å²) in [7, 11) is 1.65. The molecular weight excluding hydrogens is 452 g/mol. The fraction of sp³-hybridized carbons (Fsp3) is 0.200. The van der Waals surface area contributed by atoms with E-state index in [4.69, 9.17) is 9.72 Å². The third kappa shape index (κ3) is 5.97. The van der Waals surface area contributed by atoms with Gasteiger partial charge in [-0.2, -0.15) is 0 Å². The first-order valence-corrected chi connectivity index (χ1v) is 12.2. The zero-order chi connectivity index (χ0) is 23.2. The van der Waals surface area contributed by atoms with E-state index in [0.29, 0.717) is 17.3 Å². The fourth-order valence-electron chi connectivity index (χ4n) is 3.13. The van der Waals surface area contributed by atoms with Crippen LogP contribution in [0.15, 0.2) is 65.7 Å². The first-order chi connectivity index (χ1) is 16.0. The minimum absolute atomic E-state index is 0.0346. The molecule has 0 aliphatic heterocycles. The number of nitrogens with zero attached hydrogens (tertiary/aromatic N) is 3. The first-order valence-electron chi connectivity index (χ1n) is 10.4. The number of carbonyl (C=O) groups is 1. The summed E-state index contributed by atoms with van der Waals surface area (Å²) in [5.74, 6) is 1.05. The number of hydrogen-bond acceptors (Lipinski definition) is 7. The normalized spacial score (nSPS) is 10.8. The van der Waals surface area contributed by atoms with Gasteiger partial charge in [0.15, 0.2) is 0 Å². The molecule has 0 aliphatic rings. The summed E-state index contributed by atoms with van der Waals surface area (Å²) in [6.07, 6.45) is 0. The van der Waals surface area contributed by atoms with Crippen LogP contribution in [-0.2, 0) is 11.3 Å². The van der Waals surface area contributed by atoms with Crippen molar-refractivity contribution in [3.63, 3.8) is 0 Å². The minimum atomic E-state index is -0.0346. The molecule has 1 N–H and O–H groups in total. The zero-order valence-electron chi connectivity index (χ0n) is 18.7. The van der Waals surface area contributed by atoms with Crippen molar-refractivity contribution < 1.29 is 9.53 Å². The third-order valence-electron chi connectivity index (χ3n) is 4.95. The lowest BCUT2D eigenvalue weighted by Crippen LogP contribution is -2.24. The Balaban J connectivity index is 1.35. The van der Waals surface area contributed by atoms with E-state index >= 15 is 0 Å². The Morgan fingerprint density at radius 3 is 2.61 bits per heavy atom. The number of thiazole rings is 1. The van der Waals surface area contributed by atoms with Crippen LogP contribution in [0.25, 0.3) is 21.1 Å². The van der Waals surface area contributed by atoms with Crippen molar-refractivity contribution in [3.8, 4) is 26.9 Å². The summed E-state index contributed by atoms with van der Waals surface area (Å²) >= 11 is 2.94. The minimum Gasteiger partial charge on any atom is -0.497 e. The Kier molecular flexibility index (Phi) is 7.36. The van der Waals surface area contributed by atoms with Crippen molar-refractivity contribution in [2.75, 3.05) is 12.9 Å². The van der Waals surface area contributed by atoms with E-state index in [1.165, 1.54) is 17.3 Å². The number of thioether (sulfide) groups is 1. The predicted octanol–water partition coefficient (Wildman–Crippen LogP) is 5.30. The van der Waals surface area contributed by atoms with Crippen molar-refractivity contribution in [2.24, 2.45) is 0 Å². The largest absolute Gasteiger partial charge is 0.497 e. The maximum atomic E-state index is 12.2. The molecule has 2 aromatic heterocycles. The average Bonchev–Trinajstić information content (AvgIpc) is 3.24. The van der Waals surface area contributed by atoms with E-state index in [0.717, 1.165) is 38.1 Å². The van der Waals surface area contributed by atoms with Gasteiger partial charge in [0.2, 0.25) is 5.91 Å². The third-order valence-corrected chi connectivity index (χ3v) is 7.10. The van der Waals surface area contributed by atoms with Gasteiger partial charge in [0.25, 0.3) is 0 Å². The molecule has 33 heavy (non-hydrogen) atoms. The Hall–Kier alpha value is -3.23. The van der Waals surface area contributed by atoms with Crippen molar-refractivity contribution in [1.82, 2.24) is 20.5 Å². The Morgan fingerprint density at radius 2 is 1.88 bits per heavy atom. The molecular formula is C25H24N4O2S2. The molecule has 1 amide bonds. The fourth-order valence-corrected chi connectivity index (χ4v) is 4.80. The molecule has 0 unspecified atom stereocenters. The van der Waals surface area contributed by atoms with Crippen LogP contribution in [0.4, 0.5) is 0 Å². The molecule has 6 nitrogen and oxygen atoms in total. The van der Waals surface area contributed by atoms with E-state index in [-0.39, 0.29) is 5.91 Å². The molecule has 0 aliphatic carbocycles. The van der Waals surface area contributed by atoms with Gasteiger partial charge in [0.1, 0.15) is 21.5 Å². The number of nitrogens with one attached hydrogen (secondary N) is 1. The van der Waals surface area contributed by atoms with Crippen LogP contribution in [0.2, 0.25) is 0 Å². The SMILES string of the molecule is COc1cccc(-c2nc(C)c(-c3ccc(SCC(=O)NCc4ccc(C)cc4)nn3)s2)c1. The molecule has 4 aromatic rings. The lowest BCUT2D eigenvalue weighted by Gasteiger charge is -2.05. The lowest BCUT2D eigenvalue weighted by molar-refractivity contribution is -0.118. The van der Waals surface area contributed by atoms with Crippen molar-refractivity contribution in [2.45, 2.75) is 25.4 Å². The van der Waals surface area contributed by atoms with E-state index in [1.54, 1.807) is 18.4 Å². The highest BCUT2D eigenvalue weighted by Crippen LogP contribution is 2.35. The van der Waals surface area contributed by atoms with E-state index in [2.05, 4.69) is 15.5 Å². The monoisotopic (exact) mass is 476 g/mol. The van der Waals surface area contributed by atoms with Crippen molar-refractivity contribution in [3.05, 3.63) is 77.5 Å². The molecule has 168 valence electrons. The maximum absolute atomic E-state index is 12.2. The summed E-state index contributed by atoms with van der Waals surface area (Å²) in [6, 6.07) is 19.8. The molecule has 2 heterocycles. The van der Waals surface area contributed by atoms with Crippen molar-refractivity contribution >= 4 is 29.0 Å².